The highest BCUT2D eigenvalue weighted by molar-refractivity contribution is 5.24. The predicted octanol–water partition coefficient (Wildman–Crippen LogP) is 2.71. The molecule has 0 unspecified atom stereocenters. The quantitative estimate of drug-likeness (QED) is 0.819. The van der Waals surface area contributed by atoms with Gasteiger partial charge in [0.15, 0.2) is 0 Å². The van der Waals surface area contributed by atoms with Crippen LogP contribution in [0.2, 0.25) is 0 Å². The summed E-state index contributed by atoms with van der Waals surface area (Å²) < 4.78 is 37.1. The highest BCUT2D eigenvalue weighted by Gasteiger charge is 2.40. The van der Waals surface area contributed by atoms with Gasteiger partial charge in [0.05, 0.1) is 0 Å². The molecule has 0 aliphatic carbocycles. The van der Waals surface area contributed by atoms with Gasteiger partial charge in [-0.25, -0.2) is 0 Å². The molecule has 1 aromatic heterocycles. The van der Waals surface area contributed by atoms with Crippen molar-refractivity contribution in [2.45, 2.75) is 43.4 Å². The molecular formula is C12H13F3N2. The van der Waals surface area contributed by atoms with Crippen molar-refractivity contribution < 1.29 is 13.2 Å². The highest BCUT2D eigenvalue weighted by atomic mass is 19.4. The van der Waals surface area contributed by atoms with Crippen molar-refractivity contribution in [1.82, 2.24) is 10.3 Å². The summed E-state index contributed by atoms with van der Waals surface area (Å²) in [5.41, 5.74) is 0.120. The van der Waals surface area contributed by atoms with Crippen LogP contribution in [0.1, 0.15) is 36.4 Å². The summed E-state index contributed by atoms with van der Waals surface area (Å²) in [7, 11) is 0. The first-order chi connectivity index (χ1) is 8.04. The van der Waals surface area contributed by atoms with Crippen LogP contribution in [0, 0.1) is 0 Å². The Kier molecular flexibility index (Phi) is 2.40. The Labute approximate surface area is 97.2 Å². The van der Waals surface area contributed by atoms with E-state index in [1.54, 1.807) is 6.07 Å². The van der Waals surface area contributed by atoms with Crippen molar-refractivity contribution in [2.75, 3.05) is 0 Å². The van der Waals surface area contributed by atoms with Crippen LogP contribution in [0.15, 0.2) is 18.3 Å². The van der Waals surface area contributed by atoms with Crippen molar-refractivity contribution in [3.63, 3.8) is 0 Å². The summed E-state index contributed by atoms with van der Waals surface area (Å²) in [4.78, 5) is 3.53. The Morgan fingerprint density at radius 1 is 1.24 bits per heavy atom. The second-order valence-corrected chi connectivity index (χ2v) is 4.86. The molecular weight excluding hydrogens is 229 g/mol. The van der Waals surface area contributed by atoms with Crippen molar-refractivity contribution >= 4 is 0 Å². The van der Waals surface area contributed by atoms with E-state index in [1.807, 2.05) is 0 Å². The maximum absolute atomic E-state index is 12.4. The Balaban J connectivity index is 1.81. The van der Waals surface area contributed by atoms with Crippen LogP contribution in [0.3, 0.4) is 0 Å². The molecule has 0 amide bonds. The molecule has 3 atom stereocenters. The molecule has 2 saturated heterocycles. The molecule has 5 heteroatoms. The molecule has 1 aromatic rings. The molecule has 0 spiro atoms. The standard InChI is InChI=1S/C12H13F3N2/c13-12(14,15)11-4-1-7(6-16-11)9-5-8-2-3-10(9)17-8/h1,4,6,8-10,17H,2-3,5H2/t8-,9+,10+/m0/s1. The van der Waals surface area contributed by atoms with Crippen LogP contribution in [-0.4, -0.2) is 17.1 Å². The zero-order valence-electron chi connectivity index (χ0n) is 9.17. The summed E-state index contributed by atoms with van der Waals surface area (Å²) in [6, 6.07) is 3.63. The molecule has 0 aromatic carbocycles. The molecule has 3 rings (SSSR count). The molecule has 17 heavy (non-hydrogen) atoms. The third-order valence-electron chi connectivity index (χ3n) is 3.81. The van der Waals surface area contributed by atoms with E-state index >= 15 is 0 Å². The van der Waals surface area contributed by atoms with E-state index in [4.69, 9.17) is 0 Å². The summed E-state index contributed by atoms with van der Waals surface area (Å²) in [5, 5.41) is 3.47. The van der Waals surface area contributed by atoms with Gasteiger partial charge in [0, 0.05) is 24.2 Å². The summed E-state index contributed by atoms with van der Waals surface area (Å²) in [5.74, 6) is 0.337. The Hall–Kier alpha value is -1.10. The smallest absolute Gasteiger partial charge is 0.311 e. The van der Waals surface area contributed by atoms with Gasteiger partial charge in [0.25, 0.3) is 0 Å². The fourth-order valence-corrected chi connectivity index (χ4v) is 2.98. The molecule has 2 aliphatic heterocycles. The van der Waals surface area contributed by atoms with Crippen LogP contribution in [-0.2, 0) is 6.18 Å². The topological polar surface area (TPSA) is 24.9 Å². The van der Waals surface area contributed by atoms with E-state index in [0.29, 0.717) is 18.0 Å². The van der Waals surface area contributed by atoms with Gasteiger partial charge in [-0.15, -0.1) is 0 Å². The fourth-order valence-electron chi connectivity index (χ4n) is 2.98. The molecule has 2 bridgehead atoms. The van der Waals surface area contributed by atoms with E-state index < -0.39 is 11.9 Å². The van der Waals surface area contributed by atoms with E-state index in [-0.39, 0.29) is 0 Å². The fraction of sp³-hybridized carbons (Fsp3) is 0.583. The highest BCUT2D eigenvalue weighted by Crippen LogP contribution is 2.40. The number of alkyl halides is 3. The molecule has 2 aliphatic rings. The average Bonchev–Trinajstić information content (AvgIpc) is 2.89. The number of rotatable bonds is 1. The second kappa shape index (κ2) is 3.70. The number of fused-ring (bicyclic) bond motifs is 2. The molecule has 0 radical (unpaired) electrons. The second-order valence-electron chi connectivity index (χ2n) is 4.86. The first-order valence-corrected chi connectivity index (χ1v) is 5.83. The van der Waals surface area contributed by atoms with Gasteiger partial charge in [-0.05, 0) is 30.9 Å². The van der Waals surface area contributed by atoms with Crippen molar-refractivity contribution in [2.24, 2.45) is 0 Å². The van der Waals surface area contributed by atoms with E-state index in [2.05, 4.69) is 10.3 Å². The Morgan fingerprint density at radius 3 is 2.53 bits per heavy atom. The number of pyridine rings is 1. The maximum atomic E-state index is 12.4. The molecule has 0 saturated carbocycles. The number of aromatic nitrogens is 1. The lowest BCUT2D eigenvalue weighted by molar-refractivity contribution is -0.141. The zero-order valence-corrected chi connectivity index (χ0v) is 9.17. The van der Waals surface area contributed by atoms with E-state index in [0.717, 1.165) is 24.5 Å². The van der Waals surface area contributed by atoms with Gasteiger partial charge >= 0.3 is 6.18 Å². The number of hydrogen-bond donors (Lipinski definition) is 1. The van der Waals surface area contributed by atoms with Crippen LogP contribution < -0.4 is 5.32 Å². The van der Waals surface area contributed by atoms with E-state index in [1.165, 1.54) is 12.6 Å². The molecule has 92 valence electrons. The molecule has 2 fully saturated rings. The minimum absolute atomic E-state index is 0.337. The van der Waals surface area contributed by atoms with Gasteiger partial charge in [0.2, 0.25) is 0 Å². The Morgan fingerprint density at radius 2 is 2.06 bits per heavy atom. The first kappa shape index (κ1) is 11.0. The average molecular weight is 242 g/mol. The lowest BCUT2D eigenvalue weighted by atomic mass is 9.84. The monoisotopic (exact) mass is 242 g/mol. The number of hydrogen-bond acceptors (Lipinski definition) is 2. The predicted molar refractivity (Wildman–Crippen MR) is 56.5 cm³/mol. The van der Waals surface area contributed by atoms with Gasteiger partial charge in [-0.1, -0.05) is 6.07 Å². The maximum Gasteiger partial charge on any atom is 0.433 e. The van der Waals surface area contributed by atoms with Crippen LogP contribution >= 0.6 is 0 Å². The lowest BCUT2D eigenvalue weighted by Crippen LogP contribution is -2.21. The first-order valence-electron chi connectivity index (χ1n) is 5.83. The van der Waals surface area contributed by atoms with Crippen molar-refractivity contribution in [3.8, 4) is 0 Å². The number of halogens is 3. The molecule has 3 heterocycles. The van der Waals surface area contributed by atoms with E-state index in [9.17, 15) is 13.2 Å². The summed E-state index contributed by atoms with van der Waals surface area (Å²) >= 11 is 0. The minimum atomic E-state index is -4.34. The van der Waals surface area contributed by atoms with Crippen molar-refractivity contribution in [1.29, 1.82) is 0 Å². The van der Waals surface area contributed by atoms with Gasteiger partial charge in [-0.3, -0.25) is 4.98 Å². The van der Waals surface area contributed by atoms with Crippen LogP contribution in [0.25, 0.3) is 0 Å². The van der Waals surface area contributed by atoms with Crippen LogP contribution in [0.4, 0.5) is 13.2 Å². The number of nitrogens with zero attached hydrogens (tertiary/aromatic N) is 1. The largest absolute Gasteiger partial charge is 0.433 e. The lowest BCUT2D eigenvalue weighted by Gasteiger charge is -2.20. The van der Waals surface area contributed by atoms with Gasteiger partial charge < -0.3 is 5.32 Å². The summed E-state index contributed by atoms with van der Waals surface area (Å²) in [6.45, 7) is 0. The van der Waals surface area contributed by atoms with Crippen molar-refractivity contribution in [3.05, 3.63) is 29.6 Å². The SMILES string of the molecule is FC(F)(F)c1ccc([C@H]2C[C@@H]3CC[C@H]2N3)cn1. The third kappa shape index (κ3) is 1.92. The third-order valence-corrected chi connectivity index (χ3v) is 3.81. The molecule has 2 nitrogen and oxygen atoms in total. The van der Waals surface area contributed by atoms with Gasteiger partial charge in [0.1, 0.15) is 5.69 Å². The van der Waals surface area contributed by atoms with Crippen LogP contribution in [0.5, 0.6) is 0 Å². The van der Waals surface area contributed by atoms with Gasteiger partial charge in [-0.2, -0.15) is 13.2 Å². The summed E-state index contributed by atoms with van der Waals surface area (Å²) in [6.07, 6.45) is 0.380. The number of nitrogens with one attached hydrogen (secondary N) is 1. The minimum Gasteiger partial charge on any atom is -0.311 e. The molecule has 1 N–H and O–H groups in total. The normalized spacial score (nSPS) is 32.1. The Bertz CT molecular complexity index is 413. The zero-order chi connectivity index (χ0) is 12.0.